The molecule has 3 aromatic carbocycles. The van der Waals surface area contributed by atoms with Gasteiger partial charge in [-0.15, -0.1) is 0 Å². The lowest BCUT2D eigenvalue weighted by atomic mass is 9.96. The van der Waals surface area contributed by atoms with Crippen LogP contribution < -0.4 is 14.9 Å². The number of nitrogens with one attached hydrogen (secondary N) is 2. The molecular weight excluding hydrogens is 585 g/mol. The van der Waals surface area contributed by atoms with Gasteiger partial charge >= 0.3 is 0 Å². The maximum Gasteiger partial charge on any atom is 0.245 e. The van der Waals surface area contributed by atoms with E-state index in [1.807, 2.05) is 12.1 Å². The topological polar surface area (TPSA) is 79.8 Å². The molecule has 178 valence electrons. The lowest BCUT2D eigenvalue weighted by Crippen LogP contribution is -2.34. The van der Waals surface area contributed by atoms with Gasteiger partial charge in [-0.3, -0.25) is 0 Å². The van der Waals surface area contributed by atoms with Crippen LogP contribution in [-0.4, -0.2) is 21.2 Å². The van der Waals surface area contributed by atoms with Gasteiger partial charge in [-0.05, 0) is 53.6 Å². The van der Waals surface area contributed by atoms with E-state index in [4.69, 9.17) is 39.5 Å². The molecular formula is C23H19BrCl3N3O3S. The van der Waals surface area contributed by atoms with E-state index in [0.29, 0.717) is 37.2 Å². The van der Waals surface area contributed by atoms with Gasteiger partial charge in [-0.2, -0.15) is 9.82 Å². The highest BCUT2D eigenvalue weighted by atomic mass is 79.9. The number of hydrogen-bond donors (Lipinski definition) is 2. The summed E-state index contributed by atoms with van der Waals surface area (Å²) in [5.41, 5.74) is 5.16. The molecule has 1 heterocycles. The maximum atomic E-state index is 13.5. The van der Waals surface area contributed by atoms with Crippen molar-refractivity contribution in [2.24, 2.45) is 5.10 Å². The molecule has 0 aromatic heterocycles. The van der Waals surface area contributed by atoms with Crippen molar-refractivity contribution in [1.29, 1.82) is 0 Å². The number of halogens is 4. The van der Waals surface area contributed by atoms with Crippen molar-refractivity contribution in [3.8, 4) is 5.75 Å². The quantitative estimate of drug-likeness (QED) is 0.322. The van der Waals surface area contributed by atoms with Gasteiger partial charge in [0.2, 0.25) is 10.0 Å². The summed E-state index contributed by atoms with van der Waals surface area (Å²) >= 11 is 21.9. The monoisotopic (exact) mass is 601 g/mol. The zero-order chi connectivity index (χ0) is 24.5. The van der Waals surface area contributed by atoms with E-state index in [-0.39, 0.29) is 16.7 Å². The number of benzene rings is 3. The van der Waals surface area contributed by atoms with Crippen LogP contribution in [0.4, 0.5) is 0 Å². The first-order valence-corrected chi connectivity index (χ1v) is 13.5. The Morgan fingerprint density at radius 2 is 1.76 bits per heavy atom. The van der Waals surface area contributed by atoms with Gasteiger partial charge in [0.05, 0.1) is 24.9 Å². The fourth-order valence-electron chi connectivity index (χ4n) is 3.66. The molecule has 2 unspecified atom stereocenters. The molecule has 3 aromatic rings. The van der Waals surface area contributed by atoms with Crippen LogP contribution in [-0.2, 0) is 10.0 Å². The molecule has 4 rings (SSSR count). The summed E-state index contributed by atoms with van der Waals surface area (Å²) in [4.78, 5) is -0.0136. The van der Waals surface area contributed by atoms with Gasteiger partial charge in [0.15, 0.2) is 0 Å². The van der Waals surface area contributed by atoms with Gasteiger partial charge in [-0.25, -0.2) is 8.42 Å². The number of ether oxygens (including phenoxy) is 1. The molecule has 2 N–H and O–H groups in total. The fraction of sp³-hybridized carbons (Fsp3) is 0.174. The summed E-state index contributed by atoms with van der Waals surface area (Å²) in [6.07, 6.45) is 0.448. The molecule has 0 aliphatic carbocycles. The largest absolute Gasteiger partial charge is 0.495 e. The van der Waals surface area contributed by atoms with Gasteiger partial charge in [-0.1, -0.05) is 68.9 Å². The standard InChI is InChI=1S/C23H19BrCl3N3O3S/c1-33-21-9-4-14(24)10-22(21)34(31,32)30-23(17-8-7-16(26)11-18(17)27)20-12-19(28-29-20)13-2-5-15(25)6-3-13/h2-11,19,23,28,30H,12H2,1H3. The van der Waals surface area contributed by atoms with Crippen LogP contribution in [0.5, 0.6) is 5.75 Å². The summed E-state index contributed by atoms with van der Waals surface area (Å²) in [5, 5.41) is 5.86. The van der Waals surface area contributed by atoms with Crippen LogP contribution in [0, 0.1) is 0 Å². The molecule has 6 nitrogen and oxygen atoms in total. The minimum atomic E-state index is -4.05. The van der Waals surface area contributed by atoms with Crippen LogP contribution in [0.3, 0.4) is 0 Å². The molecule has 0 saturated heterocycles. The fourth-order valence-corrected chi connectivity index (χ4v) is 6.21. The van der Waals surface area contributed by atoms with Gasteiger partial charge in [0.25, 0.3) is 0 Å². The van der Waals surface area contributed by atoms with Crippen molar-refractivity contribution in [3.05, 3.63) is 91.3 Å². The van der Waals surface area contributed by atoms with E-state index in [1.165, 1.54) is 13.2 Å². The van der Waals surface area contributed by atoms with Crippen molar-refractivity contribution >= 4 is 66.5 Å². The smallest absolute Gasteiger partial charge is 0.245 e. The van der Waals surface area contributed by atoms with Crippen LogP contribution in [0.25, 0.3) is 0 Å². The van der Waals surface area contributed by atoms with Crippen molar-refractivity contribution in [1.82, 2.24) is 10.1 Å². The summed E-state index contributed by atoms with van der Waals surface area (Å²) in [6, 6.07) is 16.1. The molecule has 0 saturated carbocycles. The lowest BCUT2D eigenvalue weighted by Gasteiger charge is -2.21. The Morgan fingerprint density at radius 3 is 2.44 bits per heavy atom. The van der Waals surface area contributed by atoms with Crippen LogP contribution in [0.15, 0.2) is 75.1 Å². The highest BCUT2D eigenvalue weighted by molar-refractivity contribution is 9.10. The third-order valence-electron chi connectivity index (χ3n) is 5.34. The first-order chi connectivity index (χ1) is 16.2. The zero-order valence-electron chi connectivity index (χ0n) is 17.7. The number of methoxy groups -OCH3 is 1. The van der Waals surface area contributed by atoms with E-state index in [9.17, 15) is 8.42 Å². The first kappa shape index (κ1) is 25.3. The molecule has 1 aliphatic heterocycles. The normalized spacial score (nSPS) is 16.6. The Kier molecular flexibility index (Phi) is 7.76. The van der Waals surface area contributed by atoms with E-state index >= 15 is 0 Å². The summed E-state index contributed by atoms with van der Waals surface area (Å²) in [7, 11) is -2.63. The second-order valence-electron chi connectivity index (χ2n) is 7.56. The maximum absolute atomic E-state index is 13.5. The summed E-state index contributed by atoms with van der Waals surface area (Å²) in [5.74, 6) is 0.210. The Bertz CT molecular complexity index is 1350. The summed E-state index contributed by atoms with van der Waals surface area (Å²) in [6.45, 7) is 0. The molecule has 0 fully saturated rings. The molecule has 34 heavy (non-hydrogen) atoms. The van der Waals surface area contributed by atoms with E-state index in [1.54, 1.807) is 42.5 Å². The van der Waals surface area contributed by atoms with Crippen molar-refractivity contribution in [3.63, 3.8) is 0 Å². The molecule has 0 amide bonds. The predicted octanol–water partition coefficient (Wildman–Crippen LogP) is 6.53. The number of nitrogens with zero attached hydrogens (tertiary/aromatic N) is 1. The van der Waals surface area contributed by atoms with Gasteiger partial charge < -0.3 is 10.2 Å². The summed E-state index contributed by atoms with van der Waals surface area (Å²) < 4.78 is 35.6. The second kappa shape index (κ2) is 10.4. The third kappa shape index (κ3) is 5.53. The van der Waals surface area contributed by atoms with E-state index in [0.717, 1.165) is 5.56 Å². The Morgan fingerprint density at radius 1 is 1.06 bits per heavy atom. The van der Waals surface area contributed by atoms with Gasteiger partial charge in [0, 0.05) is 26.0 Å². The van der Waals surface area contributed by atoms with E-state index < -0.39 is 16.1 Å². The molecule has 0 spiro atoms. The highest BCUT2D eigenvalue weighted by Crippen LogP contribution is 2.35. The minimum Gasteiger partial charge on any atom is -0.495 e. The molecule has 11 heteroatoms. The predicted molar refractivity (Wildman–Crippen MR) is 140 cm³/mol. The van der Waals surface area contributed by atoms with E-state index in [2.05, 4.69) is 31.2 Å². The highest BCUT2D eigenvalue weighted by Gasteiger charge is 2.33. The average molecular weight is 604 g/mol. The SMILES string of the molecule is COc1ccc(Br)cc1S(=O)(=O)NC(C1=NNC(c2ccc(Cl)cc2)C1)c1ccc(Cl)cc1Cl. The minimum absolute atomic E-state index is 0.0136. The van der Waals surface area contributed by atoms with Crippen molar-refractivity contribution in [2.75, 3.05) is 7.11 Å². The first-order valence-electron chi connectivity index (χ1n) is 10.1. The van der Waals surface area contributed by atoms with Crippen molar-refractivity contribution in [2.45, 2.75) is 23.4 Å². The Balaban J connectivity index is 1.71. The number of sulfonamides is 1. The van der Waals surface area contributed by atoms with Crippen LogP contribution >= 0.6 is 50.7 Å². The molecule has 0 bridgehead atoms. The van der Waals surface area contributed by atoms with Crippen molar-refractivity contribution < 1.29 is 13.2 Å². The lowest BCUT2D eigenvalue weighted by molar-refractivity contribution is 0.402. The zero-order valence-corrected chi connectivity index (χ0v) is 22.4. The number of hydrogen-bond acceptors (Lipinski definition) is 5. The van der Waals surface area contributed by atoms with Crippen LogP contribution in [0.1, 0.15) is 29.6 Å². The average Bonchev–Trinajstić information content (AvgIpc) is 3.28. The molecule has 2 atom stereocenters. The number of hydrazone groups is 1. The van der Waals surface area contributed by atoms with Gasteiger partial charge in [0.1, 0.15) is 10.6 Å². The number of rotatable bonds is 7. The Hall–Kier alpha value is -1.81. The van der Waals surface area contributed by atoms with Crippen LogP contribution in [0.2, 0.25) is 15.1 Å². The molecule has 0 radical (unpaired) electrons. The second-order valence-corrected chi connectivity index (χ2v) is 11.4. The molecule has 1 aliphatic rings. The Labute approximate surface area is 221 Å². The third-order valence-corrected chi connectivity index (χ3v) is 8.10.